The third kappa shape index (κ3) is 3.44. The zero-order chi connectivity index (χ0) is 20.7. The highest BCUT2D eigenvalue weighted by atomic mass is 32.2. The van der Waals surface area contributed by atoms with E-state index in [1.165, 1.54) is 26.4 Å². The van der Waals surface area contributed by atoms with Crippen molar-refractivity contribution in [3.8, 4) is 12.0 Å². The molecule has 1 heterocycles. The molecule has 0 unspecified atom stereocenters. The first-order chi connectivity index (χ1) is 13.1. The first-order valence-electron chi connectivity index (χ1n) is 7.43. The van der Waals surface area contributed by atoms with Gasteiger partial charge in [-0.3, -0.25) is 0 Å². The van der Waals surface area contributed by atoms with E-state index in [-0.39, 0.29) is 34.5 Å². The zero-order valence-corrected chi connectivity index (χ0v) is 15.1. The predicted molar refractivity (Wildman–Crippen MR) is 85.1 cm³/mol. The number of hydrogen-bond donors (Lipinski definition) is 0. The summed E-state index contributed by atoms with van der Waals surface area (Å²) >= 11 is 0. The number of ether oxygens (including phenoxy) is 2. The molecule has 13 heteroatoms. The largest absolute Gasteiger partial charge is 0.534 e. The molecule has 1 aliphatic carbocycles. The van der Waals surface area contributed by atoms with Gasteiger partial charge in [0.05, 0.1) is 19.8 Å². The number of hydrogen-bond acceptors (Lipinski definition) is 8. The lowest BCUT2D eigenvalue weighted by molar-refractivity contribution is -0.0522. The van der Waals surface area contributed by atoms with Crippen LogP contribution in [-0.4, -0.2) is 43.1 Å². The Labute approximate surface area is 155 Å². The van der Waals surface area contributed by atoms with Crippen LogP contribution >= 0.6 is 0 Å². The van der Waals surface area contributed by atoms with Crippen LogP contribution in [0.15, 0.2) is 24.0 Å². The third-order valence-corrected chi connectivity index (χ3v) is 4.67. The first-order valence-corrected chi connectivity index (χ1v) is 8.84. The van der Waals surface area contributed by atoms with Gasteiger partial charge < -0.3 is 13.7 Å². The number of halogens is 4. The van der Waals surface area contributed by atoms with E-state index in [1.54, 1.807) is 0 Å². The molecular formula is C15H11F4N3O5S. The van der Waals surface area contributed by atoms with Gasteiger partial charge in [-0.15, -0.1) is 4.98 Å². The molecule has 0 bridgehead atoms. The second kappa shape index (κ2) is 6.89. The molecule has 0 radical (unpaired) electrons. The van der Waals surface area contributed by atoms with E-state index in [2.05, 4.69) is 19.1 Å². The highest BCUT2D eigenvalue weighted by molar-refractivity contribution is 7.87. The Kier molecular flexibility index (Phi) is 4.87. The van der Waals surface area contributed by atoms with E-state index in [0.29, 0.717) is 0 Å². The molecule has 0 fully saturated rings. The maximum absolute atomic E-state index is 14.2. The van der Waals surface area contributed by atoms with E-state index in [9.17, 15) is 26.0 Å². The van der Waals surface area contributed by atoms with Crippen molar-refractivity contribution < 1.29 is 39.6 Å². The van der Waals surface area contributed by atoms with Gasteiger partial charge in [0, 0.05) is 12.0 Å². The molecule has 0 N–H and O–H groups in total. The molecule has 0 saturated heterocycles. The Morgan fingerprint density at radius 2 is 1.64 bits per heavy atom. The minimum absolute atomic E-state index is 0.0665. The number of allylic oxidation sites excluding steroid dienone is 1. The van der Waals surface area contributed by atoms with Crippen LogP contribution in [0.5, 0.6) is 12.0 Å². The van der Waals surface area contributed by atoms with Gasteiger partial charge in [-0.05, 0) is 11.6 Å². The van der Waals surface area contributed by atoms with E-state index in [0.717, 1.165) is 6.07 Å². The molecule has 0 saturated carbocycles. The second-order valence-corrected chi connectivity index (χ2v) is 6.89. The predicted octanol–water partition coefficient (Wildman–Crippen LogP) is 2.21. The van der Waals surface area contributed by atoms with Gasteiger partial charge in [0.2, 0.25) is 0 Å². The number of aromatic nitrogens is 3. The monoisotopic (exact) mass is 421 g/mol. The fraction of sp³-hybridized carbons (Fsp3) is 0.267. The Bertz CT molecular complexity index is 1050. The summed E-state index contributed by atoms with van der Waals surface area (Å²) in [7, 11) is -3.55. The summed E-state index contributed by atoms with van der Waals surface area (Å²) < 4.78 is 89.5. The molecule has 3 rings (SSSR count). The highest BCUT2D eigenvalue weighted by Crippen LogP contribution is 2.40. The van der Waals surface area contributed by atoms with Crippen molar-refractivity contribution in [2.75, 3.05) is 14.2 Å². The number of fused-ring (bicyclic) bond motifs is 1. The molecule has 0 spiro atoms. The van der Waals surface area contributed by atoms with Crippen LogP contribution in [0.1, 0.15) is 17.0 Å². The van der Waals surface area contributed by atoms with Gasteiger partial charge in [-0.1, -0.05) is 12.1 Å². The van der Waals surface area contributed by atoms with Crippen LogP contribution in [0, 0.1) is 5.82 Å². The number of nitrogens with zero attached hydrogens (tertiary/aromatic N) is 3. The molecule has 28 heavy (non-hydrogen) atoms. The van der Waals surface area contributed by atoms with Crippen LogP contribution in [0.25, 0.3) is 5.57 Å². The van der Waals surface area contributed by atoms with E-state index in [4.69, 9.17) is 9.47 Å². The number of benzene rings is 1. The SMILES string of the molecule is COc1nc(OC)nc(C2=C(OS(=O)(=O)C(F)(F)F)Cc3c(F)cccc32)n1. The normalized spacial score (nSPS) is 14.1. The van der Waals surface area contributed by atoms with E-state index < -0.39 is 33.6 Å². The van der Waals surface area contributed by atoms with Gasteiger partial charge in [0.25, 0.3) is 0 Å². The summed E-state index contributed by atoms with van der Waals surface area (Å²) in [6.07, 6.45) is -0.553. The number of methoxy groups -OCH3 is 2. The van der Waals surface area contributed by atoms with Crippen LogP contribution in [0.3, 0.4) is 0 Å². The van der Waals surface area contributed by atoms with Gasteiger partial charge in [0.1, 0.15) is 11.6 Å². The van der Waals surface area contributed by atoms with Crippen LogP contribution < -0.4 is 9.47 Å². The van der Waals surface area contributed by atoms with Gasteiger partial charge in [-0.2, -0.15) is 31.6 Å². The van der Waals surface area contributed by atoms with E-state index >= 15 is 0 Å². The lowest BCUT2D eigenvalue weighted by atomic mass is 10.0. The smallest absolute Gasteiger partial charge is 0.467 e. The van der Waals surface area contributed by atoms with Crippen molar-refractivity contribution in [1.29, 1.82) is 0 Å². The van der Waals surface area contributed by atoms with Crippen molar-refractivity contribution in [3.05, 3.63) is 46.7 Å². The topological polar surface area (TPSA) is 100 Å². The zero-order valence-electron chi connectivity index (χ0n) is 14.2. The molecular weight excluding hydrogens is 410 g/mol. The van der Waals surface area contributed by atoms with Crippen molar-refractivity contribution >= 4 is 15.7 Å². The Hall–Kier alpha value is -2.96. The average molecular weight is 421 g/mol. The molecule has 0 amide bonds. The lowest BCUT2D eigenvalue weighted by Gasteiger charge is -2.12. The fourth-order valence-electron chi connectivity index (χ4n) is 2.50. The molecule has 150 valence electrons. The average Bonchev–Trinajstić information content (AvgIpc) is 2.99. The highest BCUT2D eigenvalue weighted by Gasteiger charge is 2.50. The van der Waals surface area contributed by atoms with Crippen LogP contribution in [0.2, 0.25) is 0 Å². The fourth-order valence-corrected chi connectivity index (χ4v) is 3.00. The summed E-state index contributed by atoms with van der Waals surface area (Å²) in [6.45, 7) is 0. The maximum atomic E-state index is 14.2. The maximum Gasteiger partial charge on any atom is 0.534 e. The second-order valence-electron chi connectivity index (χ2n) is 5.36. The van der Waals surface area contributed by atoms with Crippen molar-refractivity contribution in [3.63, 3.8) is 0 Å². The lowest BCUT2D eigenvalue weighted by Crippen LogP contribution is -2.25. The molecule has 8 nitrogen and oxygen atoms in total. The summed E-state index contributed by atoms with van der Waals surface area (Å²) in [4.78, 5) is 11.5. The van der Waals surface area contributed by atoms with Gasteiger partial charge in [-0.25, -0.2) is 4.39 Å². The van der Waals surface area contributed by atoms with Crippen LogP contribution in [0.4, 0.5) is 17.6 Å². The molecule has 2 aromatic rings. The van der Waals surface area contributed by atoms with Gasteiger partial charge >= 0.3 is 27.6 Å². The summed E-state index contributed by atoms with van der Waals surface area (Å²) in [5.74, 6) is -1.75. The van der Waals surface area contributed by atoms with Crippen molar-refractivity contribution in [2.45, 2.75) is 11.9 Å². The minimum atomic E-state index is -6.00. The van der Waals surface area contributed by atoms with Crippen molar-refractivity contribution in [1.82, 2.24) is 15.0 Å². The number of alkyl halides is 3. The molecule has 0 atom stereocenters. The third-order valence-electron chi connectivity index (χ3n) is 3.68. The Morgan fingerprint density at radius 1 is 1.04 bits per heavy atom. The summed E-state index contributed by atoms with van der Waals surface area (Å²) in [5.41, 5.74) is -5.92. The molecule has 1 aromatic carbocycles. The quantitative estimate of drug-likeness (QED) is 0.412. The van der Waals surface area contributed by atoms with E-state index in [1.807, 2.05) is 0 Å². The van der Waals surface area contributed by atoms with Gasteiger partial charge in [0.15, 0.2) is 5.82 Å². The Balaban J connectivity index is 2.23. The summed E-state index contributed by atoms with van der Waals surface area (Å²) in [6, 6.07) is 3.24. The molecule has 1 aliphatic rings. The molecule has 1 aromatic heterocycles. The number of rotatable bonds is 5. The summed E-state index contributed by atoms with van der Waals surface area (Å²) in [5, 5.41) is 0. The van der Waals surface area contributed by atoms with Crippen LogP contribution in [-0.2, 0) is 20.7 Å². The molecule has 0 aliphatic heterocycles. The standard InChI is InChI=1S/C15H11F4N3O5S/c1-25-13-20-12(21-14(22-13)26-2)11-7-4-3-5-9(16)8(7)6-10(11)27-28(23,24)15(17,18)19/h3-5H,6H2,1-2H3. The first kappa shape index (κ1) is 19.8. The Morgan fingerprint density at radius 3 is 2.18 bits per heavy atom. The van der Waals surface area contributed by atoms with Crippen molar-refractivity contribution in [2.24, 2.45) is 0 Å². The minimum Gasteiger partial charge on any atom is -0.467 e.